The Morgan fingerprint density at radius 2 is 2.04 bits per heavy atom. The lowest BCUT2D eigenvalue weighted by Gasteiger charge is -2.19. The number of rotatable bonds is 7. The summed E-state index contributed by atoms with van der Waals surface area (Å²) in [6.45, 7) is 4.97. The first kappa shape index (κ1) is 18.8. The van der Waals surface area contributed by atoms with Crippen LogP contribution in [0.5, 0.6) is 5.75 Å². The molecule has 142 valence electrons. The predicted octanol–water partition coefficient (Wildman–Crippen LogP) is 3.65. The monoisotopic (exact) mass is 367 g/mol. The minimum absolute atomic E-state index is 0.144. The lowest BCUT2D eigenvalue weighted by atomic mass is 10.2. The molecule has 3 rings (SSSR count). The number of carbonyl (C=O) groups excluding carboxylic acids is 2. The molecule has 1 aliphatic rings. The van der Waals surface area contributed by atoms with E-state index in [2.05, 4.69) is 10.6 Å². The Labute approximate surface area is 159 Å². The van der Waals surface area contributed by atoms with Gasteiger partial charge in [-0.25, -0.2) is 0 Å². The number of para-hydroxylation sites is 2. The molecule has 27 heavy (non-hydrogen) atoms. The summed E-state index contributed by atoms with van der Waals surface area (Å²) in [5.41, 5.74) is 2.30. The molecule has 2 amide bonds. The molecule has 2 aromatic carbocycles. The van der Waals surface area contributed by atoms with Gasteiger partial charge >= 0.3 is 0 Å². The third-order valence-corrected chi connectivity index (χ3v) is 4.45. The highest BCUT2D eigenvalue weighted by atomic mass is 16.5. The van der Waals surface area contributed by atoms with Crippen LogP contribution < -0.4 is 20.3 Å². The van der Waals surface area contributed by atoms with Crippen molar-refractivity contribution in [1.29, 1.82) is 0 Å². The molecule has 0 saturated carbocycles. The van der Waals surface area contributed by atoms with Gasteiger partial charge in [-0.2, -0.15) is 0 Å². The minimum atomic E-state index is -0.454. The van der Waals surface area contributed by atoms with Crippen LogP contribution in [0.1, 0.15) is 26.7 Å². The van der Waals surface area contributed by atoms with E-state index in [1.54, 1.807) is 11.8 Å². The van der Waals surface area contributed by atoms with Gasteiger partial charge in [-0.15, -0.1) is 0 Å². The molecule has 0 aromatic heterocycles. The van der Waals surface area contributed by atoms with Gasteiger partial charge in [0.25, 0.3) is 0 Å². The number of hydrogen-bond donors (Lipinski definition) is 2. The molecule has 1 heterocycles. The van der Waals surface area contributed by atoms with Gasteiger partial charge in [0.15, 0.2) is 0 Å². The Kier molecular flexibility index (Phi) is 5.96. The fourth-order valence-corrected chi connectivity index (χ4v) is 3.09. The zero-order valence-corrected chi connectivity index (χ0v) is 15.7. The molecule has 6 nitrogen and oxygen atoms in total. The van der Waals surface area contributed by atoms with Crippen LogP contribution in [0.4, 0.5) is 17.1 Å². The van der Waals surface area contributed by atoms with E-state index >= 15 is 0 Å². The van der Waals surface area contributed by atoms with Gasteiger partial charge in [-0.1, -0.05) is 18.2 Å². The smallest absolute Gasteiger partial charge is 0.246 e. The maximum absolute atomic E-state index is 12.6. The van der Waals surface area contributed by atoms with Crippen LogP contribution in [0.3, 0.4) is 0 Å². The maximum atomic E-state index is 12.6. The first-order valence-corrected chi connectivity index (χ1v) is 9.28. The molecule has 2 N–H and O–H groups in total. The largest absolute Gasteiger partial charge is 0.492 e. The second-order valence-corrected chi connectivity index (χ2v) is 6.48. The van der Waals surface area contributed by atoms with E-state index in [0.717, 1.165) is 24.3 Å². The number of carbonyl (C=O) groups is 2. The summed E-state index contributed by atoms with van der Waals surface area (Å²) in [7, 11) is 0. The van der Waals surface area contributed by atoms with E-state index in [-0.39, 0.29) is 11.8 Å². The van der Waals surface area contributed by atoms with Crippen molar-refractivity contribution in [2.24, 2.45) is 0 Å². The SMILES string of the molecule is CCOc1ccccc1NC(=O)[C@H](C)Nc1cccc(N2CCCC2=O)c1. The van der Waals surface area contributed by atoms with E-state index in [0.29, 0.717) is 24.5 Å². The van der Waals surface area contributed by atoms with Crippen molar-refractivity contribution in [2.45, 2.75) is 32.7 Å². The molecule has 6 heteroatoms. The second kappa shape index (κ2) is 8.58. The molecule has 0 unspecified atom stereocenters. The highest BCUT2D eigenvalue weighted by Gasteiger charge is 2.22. The molecule has 1 fully saturated rings. The maximum Gasteiger partial charge on any atom is 0.246 e. The van der Waals surface area contributed by atoms with Crippen molar-refractivity contribution in [2.75, 3.05) is 28.7 Å². The summed E-state index contributed by atoms with van der Waals surface area (Å²) in [6, 6.07) is 14.5. The Bertz CT molecular complexity index is 822. The van der Waals surface area contributed by atoms with Gasteiger partial charge in [0, 0.05) is 24.3 Å². The van der Waals surface area contributed by atoms with Crippen LogP contribution in [0.15, 0.2) is 48.5 Å². The number of anilines is 3. The average Bonchev–Trinajstić information content (AvgIpc) is 3.09. The number of ether oxygens (including phenoxy) is 1. The van der Waals surface area contributed by atoms with E-state index in [1.165, 1.54) is 0 Å². The Hall–Kier alpha value is -3.02. The van der Waals surface area contributed by atoms with Gasteiger partial charge in [-0.05, 0) is 50.6 Å². The fraction of sp³-hybridized carbons (Fsp3) is 0.333. The third-order valence-electron chi connectivity index (χ3n) is 4.45. The molecule has 0 spiro atoms. The van der Waals surface area contributed by atoms with Crippen LogP contribution in [0.2, 0.25) is 0 Å². The molecule has 2 aromatic rings. The lowest BCUT2D eigenvalue weighted by molar-refractivity contribution is -0.117. The number of hydrogen-bond acceptors (Lipinski definition) is 4. The zero-order valence-electron chi connectivity index (χ0n) is 15.7. The highest BCUT2D eigenvalue weighted by molar-refractivity contribution is 5.98. The van der Waals surface area contributed by atoms with Gasteiger partial charge < -0.3 is 20.3 Å². The van der Waals surface area contributed by atoms with E-state index in [4.69, 9.17) is 4.74 Å². The number of nitrogens with one attached hydrogen (secondary N) is 2. The van der Waals surface area contributed by atoms with Crippen molar-refractivity contribution in [1.82, 2.24) is 0 Å². The molecule has 0 aliphatic carbocycles. The first-order valence-electron chi connectivity index (χ1n) is 9.28. The van der Waals surface area contributed by atoms with Gasteiger partial charge in [-0.3, -0.25) is 9.59 Å². The summed E-state index contributed by atoms with van der Waals surface area (Å²) in [6.07, 6.45) is 1.48. The van der Waals surface area contributed by atoms with Crippen molar-refractivity contribution < 1.29 is 14.3 Å². The summed E-state index contributed by atoms with van der Waals surface area (Å²) in [5.74, 6) is 0.630. The zero-order chi connectivity index (χ0) is 19.2. The van der Waals surface area contributed by atoms with Crippen LogP contribution >= 0.6 is 0 Å². The molecule has 0 bridgehead atoms. The van der Waals surface area contributed by atoms with E-state index in [9.17, 15) is 9.59 Å². The Morgan fingerprint density at radius 1 is 1.22 bits per heavy atom. The molecular formula is C21H25N3O3. The Balaban J connectivity index is 1.66. The molecule has 1 atom stereocenters. The summed E-state index contributed by atoms with van der Waals surface area (Å²) >= 11 is 0. The van der Waals surface area contributed by atoms with E-state index < -0.39 is 6.04 Å². The van der Waals surface area contributed by atoms with Gasteiger partial charge in [0.1, 0.15) is 11.8 Å². The van der Waals surface area contributed by atoms with Crippen molar-refractivity contribution in [3.05, 3.63) is 48.5 Å². The number of amides is 2. The highest BCUT2D eigenvalue weighted by Crippen LogP contribution is 2.26. The molecular weight excluding hydrogens is 342 g/mol. The van der Waals surface area contributed by atoms with Gasteiger partial charge in [0.05, 0.1) is 12.3 Å². The third kappa shape index (κ3) is 4.58. The van der Waals surface area contributed by atoms with Crippen LogP contribution in [-0.2, 0) is 9.59 Å². The standard InChI is InChI=1S/C21H25N3O3/c1-3-27-19-11-5-4-10-18(19)23-21(26)15(2)22-16-8-6-9-17(14-16)24-13-7-12-20(24)25/h4-6,8-11,14-15,22H,3,7,12-13H2,1-2H3,(H,23,26)/t15-/m0/s1. The van der Waals surface area contributed by atoms with Crippen LogP contribution in [-0.4, -0.2) is 31.0 Å². The predicted molar refractivity (Wildman–Crippen MR) is 107 cm³/mol. The van der Waals surface area contributed by atoms with Crippen molar-refractivity contribution >= 4 is 28.9 Å². The molecule has 0 radical (unpaired) electrons. The number of benzene rings is 2. The minimum Gasteiger partial charge on any atom is -0.492 e. The summed E-state index contributed by atoms with van der Waals surface area (Å²) in [4.78, 5) is 26.3. The Morgan fingerprint density at radius 3 is 2.78 bits per heavy atom. The summed E-state index contributed by atoms with van der Waals surface area (Å²) in [5, 5.41) is 6.10. The van der Waals surface area contributed by atoms with Crippen molar-refractivity contribution in [3.63, 3.8) is 0 Å². The van der Waals surface area contributed by atoms with E-state index in [1.807, 2.05) is 55.5 Å². The first-order chi connectivity index (χ1) is 13.1. The normalized spacial score (nSPS) is 14.7. The van der Waals surface area contributed by atoms with Crippen molar-refractivity contribution in [3.8, 4) is 5.75 Å². The van der Waals surface area contributed by atoms with Gasteiger partial charge in [0.2, 0.25) is 11.8 Å². The van der Waals surface area contributed by atoms with Crippen LogP contribution in [0, 0.1) is 0 Å². The summed E-state index contributed by atoms with van der Waals surface area (Å²) < 4.78 is 5.55. The topological polar surface area (TPSA) is 70.7 Å². The molecule has 1 saturated heterocycles. The lowest BCUT2D eigenvalue weighted by Crippen LogP contribution is -2.32. The average molecular weight is 367 g/mol. The fourth-order valence-electron chi connectivity index (χ4n) is 3.09. The molecule has 1 aliphatic heterocycles. The quantitative estimate of drug-likeness (QED) is 0.784. The second-order valence-electron chi connectivity index (χ2n) is 6.48. The van der Waals surface area contributed by atoms with Crippen LogP contribution in [0.25, 0.3) is 0 Å². The number of nitrogens with zero attached hydrogens (tertiary/aromatic N) is 1.